The molecule has 2 aliphatic heterocycles. The number of carbonyl (C=O) groups excluding carboxylic acids is 2. The van der Waals surface area contributed by atoms with Crippen molar-refractivity contribution in [3.05, 3.63) is 28.0 Å². The maximum absolute atomic E-state index is 12.3. The number of nitrogens with zero attached hydrogens (tertiary/aromatic N) is 2. The number of hydrogen-bond acceptors (Lipinski definition) is 5. The molecule has 0 aliphatic carbocycles. The van der Waals surface area contributed by atoms with E-state index in [-0.39, 0.29) is 10.0 Å². The van der Waals surface area contributed by atoms with Gasteiger partial charge in [0.2, 0.25) is 0 Å². The van der Waals surface area contributed by atoms with E-state index in [1.807, 2.05) is 20.8 Å². The molecule has 8 heteroatoms. The van der Waals surface area contributed by atoms with Crippen molar-refractivity contribution in [1.82, 2.24) is 9.88 Å². The quantitative estimate of drug-likeness (QED) is 0.322. The molecule has 136 valence electrons. The van der Waals surface area contributed by atoms with Gasteiger partial charge in [0.05, 0.1) is 20.2 Å². The normalized spacial score (nSPS) is 25.8. The van der Waals surface area contributed by atoms with Crippen molar-refractivity contribution < 1.29 is 19.1 Å². The molecule has 3 heterocycles. The fourth-order valence-electron chi connectivity index (χ4n) is 3.09. The van der Waals surface area contributed by atoms with E-state index in [2.05, 4.69) is 27.6 Å². The van der Waals surface area contributed by atoms with Crippen molar-refractivity contribution in [1.29, 1.82) is 0 Å². The van der Waals surface area contributed by atoms with Gasteiger partial charge in [-0.1, -0.05) is 34.2 Å². The van der Waals surface area contributed by atoms with Crippen LogP contribution >= 0.6 is 34.2 Å². The summed E-state index contributed by atoms with van der Waals surface area (Å²) in [6.07, 6.45) is 0.126. The zero-order valence-corrected chi connectivity index (χ0v) is 17.5. The molecule has 1 spiro atoms. The lowest BCUT2D eigenvalue weighted by molar-refractivity contribution is -0.0414. The van der Waals surface area contributed by atoms with E-state index in [1.165, 1.54) is 0 Å². The Labute approximate surface area is 165 Å². The van der Waals surface area contributed by atoms with Gasteiger partial charge in [-0.2, -0.15) is 0 Å². The molecule has 0 aromatic carbocycles. The summed E-state index contributed by atoms with van der Waals surface area (Å²) in [5, 5.41) is 0.448. The Kier molecular flexibility index (Phi) is 4.68. The third kappa shape index (κ3) is 3.32. The molecule has 2 atom stereocenters. The van der Waals surface area contributed by atoms with Gasteiger partial charge in [0, 0.05) is 19.5 Å². The highest BCUT2D eigenvalue weighted by atomic mass is 127. The Morgan fingerprint density at radius 3 is 2.80 bits per heavy atom. The van der Waals surface area contributed by atoms with E-state index in [4.69, 9.17) is 21.1 Å². The van der Waals surface area contributed by atoms with Gasteiger partial charge < -0.3 is 14.4 Å². The second-order valence-corrected chi connectivity index (χ2v) is 9.29. The second kappa shape index (κ2) is 6.26. The summed E-state index contributed by atoms with van der Waals surface area (Å²) in [7, 11) is 0. The summed E-state index contributed by atoms with van der Waals surface area (Å²) in [5.74, 6) is -0.406. The molecular formula is C17H20ClIN2O4. The number of likely N-dealkylation sites (tertiary alicyclic amines) is 1. The average Bonchev–Trinajstić information content (AvgIpc) is 2.74. The molecule has 0 bridgehead atoms. The third-order valence-electron chi connectivity index (χ3n) is 4.34. The monoisotopic (exact) mass is 478 g/mol. The Hall–Kier alpha value is -1.09. The van der Waals surface area contributed by atoms with Gasteiger partial charge in [-0.05, 0) is 33.8 Å². The number of aryl methyl sites for hydroxylation is 1. The molecule has 0 radical (unpaired) electrons. The molecule has 1 amide bonds. The third-order valence-corrected chi connectivity index (χ3v) is 6.12. The smallest absolute Gasteiger partial charge is 0.410 e. The van der Waals surface area contributed by atoms with Crippen LogP contribution in [0.4, 0.5) is 4.79 Å². The van der Waals surface area contributed by atoms with Crippen molar-refractivity contribution in [2.24, 2.45) is 0 Å². The molecule has 3 rings (SSSR count). The molecule has 0 saturated carbocycles. The highest BCUT2D eigenvalue weighted by molar-refractivity contribution is 14.1. The number of fused-ring (bicyclic) bond motifs is 2. The maximum Gasteiger partial charge on any atom is 0.410 e. The van der Waals surface area contributed by atoms with Crippen LogP contribution in [0.25, 0.3) is 0 Å². The Bertz CT molecular complexity index is 749. The number of carbonyl (C=O) groups is 2. The Morgan fingerprint density at radius 1 is 1.52 bits per heavy atom. The predicted octanol–water partition coefficient (Wildman–Crippen LogP) is 3.85. The topological polar surface area (TPSA) is 68.7 Å². The van der Waals surface area contributed by atoms with Crippen LogP contribution in [0.3, 0.4) is 0 Å². The largest absolute Gasteiger partial charge is 0.448 e. The minimum Gasteiger partial charge on any atom is -0.448 e. The number of halogens is 2. The number of hydrogen-bond donors (Lipinski definition) is 0. The van der Waals surface area contributed by atoms with E-state index in [1.54, 1.807) is 17.9 Å². The molecule has 2 unspecified atom stereocenters. The van der Waals surface area contributed by atoms with Crippen molar-refractivity contribution in [2.45, 2.75) is 49.2 Å². The number of esters is 1. The van der Waals surface area contributed by atoms with Crippen molar-refractivity contribution in [2.75, 3.05) is 13.1 Å². The summed E-state index contributed by atoms with van der Waals surface area (Å²) in [5.41, 5.74) is 0.345. The predicted molar refractivity (Wildman–Crippen MR) is 101 cm³/mol. The maximum atomic E-state index is 12.3. The minimum absolute atomic E-state index is 0.135. The second-order valence-electron chi connectivity index (χ2n) is 7.37. The van der Waals surface area contributed by atoms with Gasteiger partial charge in [-0.15, -0.1) is 0 Å². The van der Waals surface area contributed by atoms with Crippen LogP contribution < -0.4 is 0 Å². The number of aromatic nitrogens is 1. The van der Waals surface area contributed by atoms with E-state index in [0.717, 1.165) is 0 Å². The molecule has 1 fully saturated rings. The first kappa shape index (κ1) is 18.7. The van der Waals surface area contributed by atoms with Crippen LogP contribution in [0.1, 0.15) is 48.9 Å². The van der Waals surface area contributed by atoms with Gasteiger partial charge in [0.1, 0.15) is 11.3 Å². The van der Waals surface area contributed by atoms with Crippen molar-refractivity contribution >= 4 is 46.3 Å². The first-order valence-electron chi connectivity index (χ1n) is 8.06. The summed E-state index contributed by atoms with van der Waals surface area (Å²) >= 11 is 8.33. The molecule has 1 aromatic heterocycles. The highest BCUT2D eigenvalue weighted by Crippen LogP contribution is 2.47. The minimum atomic E-state index is -0.819. The molecule has 1 saturated heterocycles. The van der Waals surface area contributed by atoms with Crippen LogP contribution in [0.2, 0.25) is 5.02 Å². The lowest BCUT2D eigenvalue weighted by Gasteiger charge is -2.42. The number of amides is 1. The first-order valence-corrected chi connectivity index (χ1v) is 9.69. The molecule has 2 aliphatic rings. The molecular weight excluding hydrogens is 459 g/mol. The number of ether oxygens (including phenoxy) is 2. The lowest BCUT2D eigenvalue weighted by atomic mass is 9.87. The average molecular weight is 479 g/mol. The van der Waals surface area contributed by atoms with Crippen LogP contribution in [-0.4, -0.2) is 44.6 Å². The number of rotatable bonds is 0. The standard InChI is InChI=1S/C17H20ClIN2O4/c1-9-11(18)7-10-13(20-9)17(24-14(10)22)5-6-21(8-12(17)19)15(23)25-16(2,3)4/h7,12H,5-6,8H2,1-4H3. The molecule has 0 N–H and O–H groups in total. The van der Waals surface area contributed by atoms with E-state index >= 15 is 0 Å². The highest BCUT2D eigenvalue weighted by Gasteiger charge is 2.55. The molecule has 6 nitrogen and oxygen atoms in total. The van der Waals surface area contributed by atoms with Gasteiger partial charge in [-0.25, -0.2) is 9.59 Å². The summed E-state index contributed by atoms with van der Waals surface area (Å²) in [6, 6.07) is 1.62. The Balaban J connectivity index is 1.87. The fraction of sp³-hybridized carbons (Fsp3) is 0.588. The number of alkyl halides is 1. The SMILES string of the molecule is Cc1nc2c(cc1Cl)C(=O)OC21CCN(C(=O)OC(C)(C)C)CC1I. The zero-order valence-electron chi connectivity index (χ0n) is 14.6. The summed E-state index contributed by atoms with van der Waals surface area (Å²) in [4.78, 5) is 30.9. The number of piperidine rings is 1. The van der Waals surface area contributed by atoms with Crippen molar-refractivity contribution in [3.8, 4) is 0 Å². The first-order chi connectivity index (χ1) is 11.5. The van der Waals surface area contributed by atoms with E-state index < -0.39 is 17.2 Å². The van der Waals surface area contributed by atoms with Gasteiger partial charge in [0.25, 0.3) is 0 Å². The number of pyridine rings is 1. The molecule has 25 heavy (non-hydrogen) atoms. The van der Waals surface area contributed by atoms with Gasteiger partial charge in [0.15, 0.2) is 5.60 Å². The lowest BCUT2D eigenvalue weighted by Crippen LogP contribution is -2.53. The van der Waals surface area contributed by atoms with E-state index in [0.29, 0.717) is 41.5 Å². The summed E-state index contributed by atoms with van der Waals surface area (Å²) in [6.45, 7) is 8.17. The fourth-order valence-corrected chi connectivity index (χ4v) is 4.45. The summed E-state index contributed by atoms with van der Waals surface area (Å²) < 4.78 is 11.1. The zero-order chi connectivity index (χ0) is 18.6. The van der Waals surface area contributed by atoms with E-state index in [9.17, 15) is 9.59 Å². The van der Waals surface area contributed by atoms with Crippen LogP contribution in [0, 0.1) is 6.92 Å². The van der Waals surface area contributed by atoms with Gasteiger partial charge in [-0.3, -0.25) is 4.98 Å². The van der Waals surface area contributed by atoms with Crippen molar-refractivity contribution in [3.63, 3.8) is 0 Å². The van der Waals surface area contributed by atoms with Crippen LogP contribution in [0.15, 0.2) is 6.07 Å². The van der Waals surface area contributed by atoms with Gasteiger partial charge >= 0.3 is 12.1 Å². The molecule has 1 aromatic rings. The van der Waals surface area contributed by atoms with Crippen LogP contribution in [-0.2, 0) is 15.1 Å². The Morgan fingerprint density at radius 2 is 2.20 bits per heavy atom. The van der Waals surface area contributed by atoms with Crippen LogP contribution in [0.5, 0.6) is 0 Å².